The maximum absolute atomic E-state index is 11.4. The van der Waals surface area contributed by atoms with Crippen molar-refractivity contribution in [2.75, 3.05) is 18.1 Å². The number of aromatic amines is 2. The monoisotopic (exact) mass is 295 g/mol. The summed E-state index contributed by atoms with van der Waals surface area (Å²) in [5.41, 5.74) is -1.19. The summed E-state index contributed by atoms with van der Waals surface area (Å²) in [5.74, 6) is 0.305. The van der Waals surface area contributed by atoms with Gasteiger partial charge in [-0.2, -0.15) is 0 Å². The van der Waals surface area contributed by atoms with Gasteiger partial charge in [0.1, 0.15) is 10.8 Å². The molecule has 0 amide bonds. The first-order valence-corrected chi connectivity index (χ1v) is 5.91. The summed E-state index contributed by atoms with van der Waals surface area (Å²) in [6.45, 7) is 0.648. The minimum absolute atomic E-state index is 0. The zero-order valence-electron chi connectivity index (χ0n) is 9.61. The number of piperidine rings is 1. The van der Waals surface area contributed by atoms with Gasteiger partial charge in [-0.25, -0.2) is 4.79 Å². The fraction of sp³-hybridized carbons (Fsp3) is 0.600. The van der Waals surface area contributed by atoms with Crippen molar-refractivity contribution < 1.29 is 5.11 Å². The molecule has 8 heteroatoms. The zero-order chi connectivity index (χ0) is 12.4. The van der Waals surface area contributed by atoms with Crippen LogP contribution in [0.15, 0.2) is 9.59 Å². The largest absolute Gasteiger partial charge is 0.394 e. The van der Waals surface area contributed by atoms with E-state index in [9.17, 15) is 14.7 Å². The van der Waals surface area contributed by atoms with Crippen molar-refractivity contribution in [1.82, 2.24) is 9.97 Å². The highest BCUT2D eigenvalue weighted by atomic mass is 35.5. The first-order chi connectivity index (χ1) is 8.13. The van der Waals surface area contributed by atoms with Gasteiger partial charge in [0.25, 0.3) is 5.56 Å². The quantitative estimate of drug-likeness (QED) is 0.741. The second-order valence-corrected chi connectivity index (χ2v) is 4.47. The lowest BCUT2D eigenvalue weighted by Crippen LogP contribution is -2.44. The molecule has 1 saturated heterocycles. The van der Waals surface area contributed by atoms with Crippen LogP contribution in [-0.2, 0) is 0 Å². The summed E-state index contributed by atoms with van der Waals surface area (Å²) in [6, 6.07) is -0.0984. The van der Waals surface area contributed by atoms with Gasteiger partial charge in [-0.3, -0.25) is 14.8 Å². The molecule has 3 N–H and O–H groups in total. The van der Waals surface area contributed by atoms with Crippen LogP contribution in [0.5, 0.6) is 0 Å². The average Bonchev–Trinajstić information content (AvgIpc) is 2.33. The smallest absolute Gasteiger partial charge is 0.327 e. The highest BCUT2D eigenvalue weighted by Crippen LogP contribution is 2.25. The zero-order valence-corrected chi connectivity index (χ0v) is 11.2. The van der Waals surface area contributed by atoms with E-state index in [4.69, 9.17) is 11.6 Å². The van der Waals surface area contributed by atoms with Crippen molar-refractivity contribution in [1.29, 1.82) is 0 Å². The van der Waals surface area contributed by atoms with Crippen LogP contribution >= 0.6 is 24.0 Å². The molecule has 0 radical (unpaired) electrons. The third-order valence-electron chi connectivity index (χ3n) is 2.99. The van der Waals surface area contributed by atoms with Gasteiger partial charge in [0.05, 0.1) is 12.6 Å². The van der Waals surface area contributed by atoms with E-state index in [0.717, 1.165) is 19.3 Å². The molecule has 0 aromatic carbocycles. The number of H-pyrrole nitrogens is 2. The van der Waals surface area contributed by atoms with Gasteiger partial charge >= 0.3 is 5.69 Å². The predicted molar refractivity (Wildman–Crippen MR) is 72.0 cm³/mol. The first kappa shape index (κ1) is 15.1. The Labute approximate surface area is 114 Å². The molecule has 0 saturated carbocycles. The van der Waals surface area contributed by atoms with Crippen LogP contribution < -0.4 is 16.1 Å². The summed E-state index contributed by atoms with van der Waals surface area (Å²) < 4.78 is 0. The van der Waals surface area contributed by atoms with Gasteiger partial charge in [0.15, 0.2) is 0 Å². The Bertz CT molecular complexity index is 514. The molecule has 1 aromatic heterocycles. The van der Waals surface area contributed by atoms with E-state index in [1.165, 1.54) is 0 Å². The van der Waals surface area contributed by atoms with E-state index in [2.05, 4.69) is 9.97 Å². The molecule has 6 nitrogen and oxygen atoms in total. The topological polar surface area (TPSA) is 89.2 Å². The van der Waals surface area contributed by atoms with Crippen LogP contribution in [0, 0.1) is 0 Å². The molecule has 1 fully saturated rings. The average molecular weight is 296 g/mol. The van der Waals surface area contributed by atoms with Crippen molar-refractivity contribution in [2.45, 2.75) is 25.3 Å². The van der Waals surface area contributed by atoms with Gasteiger partial charge in [0.2, 0.25) is 0 Å². The number of hydrogen-bond acceptors (Lipinski definition) is 4. The Kier molecular flexibility index (Phi) is 5.25. The molecule has 1 aromatic rings. The number of aromatic nitrogens is 2. The van der Waals surface area contributed by atoms with Crippen molar-refractivity contribution in [3.8, 4) is 0 Å². The van der Waals surface area contributed by atoms with Crippen LogP contribution in [0.3, 0.4) is 0 Å². The van der Waals surface area contributed by atoms with Gasteiger partial charge in [-0.1, -0.05) is 11.6 Å². The Morgan fingerprint density at radius 3 is 2.72 bits per heavy atom. The molecule has 18 heavy (non-hydrogen) atoms. The highest BCUT2D eigenvalue weighted by Gasteiger charge is 2.25. The van der Waals surface area contributed by atoms with E-state index in [1.54, 1.807) is 4.90 Å². The standard InChI is InChI=1S/C10H14ClN3O3.ClH/c11-7-8(12-10(17)13-9(7)16)14-4-2-1-3-6(14)5-15;/h6,15H,1-5H2,(H2,12,13,16,17);1H. The number of nitrogens with zero attached hydrogens (tertiary/aromatic N) is 1. The number of aliphatic hydroxyl groups excluding tert-OH is 1. The number of halogens is 2. The molecular weight excluding hydrogens is 281 g/mol. The van der Waals surface area contributed by atoms with Gasteiger partial charge in [-0.05, 0) is 19.3 Å². The molecular formula is C10H15Cl2N3O3. The van der Waals surface area contributed by atoms with Gasteiger partial charge in [-0.15, -0.1) is 12.4 Å². The van der Waals surface area contributed by atoms with E-state index >= 15 is 0 Å². The lowest BCUT2D eigenvalue weighted by atomic mass is 10.0. The second-order valence-electron chi connectivity index (χ2n) is 4.10. The van der Waals surface area contributed by atoms with Crippen molar-refractivity contribution in [2.24, 2.45) is 0 Å². The van der Waals surface area contributed by atoms with E-state index < -0.39 is 11.2 Å². The fourth-order valence-corrected chi connectivity index (χ4v) is 2.34. The molecule has 1 unspecified atom stereocenters. The number of anilines is 1. The van der Waals surface area contributed by atoms with Crippen LogP contribution in [0.4, 0.5) is 5.82 Å². The summed E-state index contributed by atoms with van der Waals surface area (Å²) in [7, 11) is 0. The number of aliphatic hydroxyl groups is 1. The summed E-state index contributed by atoms with van der Waals surface area (Å²) in [4.78, 5) is 29.0. The molecule has 1 atom stereocenters. The predicted octanol–water partition coefficient (Wildman–Crippen LogP) is 0.490. The van der Waals surface area contributed by atoms with Crippen LogP contribution in [0.25, 0.3) is 0 Å². The molecule has 2 heterocycles. The first-order valence-electron chi connectivity index (χ1n) is 5.53. The van der Waals surface area contributed by atoms with Gasteiger partial charge in [0, 0.05) is 6.54 Å². The number of rotatable bonds is 2. The van der Waals surface area contributed by atoms with Crippen LogP contribution in [0.1, 0.15) is 19.3 Å². The third kappa shape index (κ3) is 2.88. The Morgan fingerprint density at radius 1 is 1.33 bits per heavy atom. The van der Waals surface area contributed by atoms with E-state index in [0.29, 0.717) is 12.4 Å². The lowest BCUT2D eigenvalue weighted by Gasteiger charge is -2.36. The molecule has 2 rings (SSSR count). The minimum Gasteiger partial charge on any atom is -0.394 e. The SMILES string of the molecule is Cl.O=c1[nH]c(N2CCCCC2CO)c(Cl)c(=O)[nH]1. The molecule has 102 valence electrons. The maximum atomic E-state index is 11.4. The van der Waals surface area contributed by atoms with Crippen LogP contribution in [0.2, 0.25) is 5.02 Å². The van der Waals surface area contributed by atoms with E-state index in [-0.39, 0.29) is 30.1 Å². The summed E-state index contributed by atoms with van der Waals surface area (Å²) in [6.07, 6.45) is 2.79. The third-order valence-corrected chi connectivity index (χ3v) is 3.34. The Balaban J connectivity index is 0.00000162. The van der Waals surface area contributed by atoms with Crippen molar-refractivity contribution >= 4 is 29.8 Å². The lowest BCUT2D eigenvalue weighted by molar-refractivity contribution is 0.239. The molecule has 1 aliphatic rings. The second kappa shape index (κ2) is 6.26. The Morgan fingerprint density at radius 2 is 2.06 bits per heavy atom. The molecule has 0 spiro atoms. The number of nitrogens with one attached hydrogen (secondary N) is 2. The maximum Gasteiger partial charge on any atom is 0.327 e. The van der Waals surface area contributed by atoms with Crippen molar-refractivity contribution in [3.05, 3.63) is 25.9 Å². The highest BCUT2D eigenvalue weighted by molar-refractivity contribution is 6.32. The molecule has 0 bridgehead atoms. The van der Waals surface area contributed by atoms with Crippen LogP contribution in [-0.4, -0.2) is 34.3 Å². The van der Waals surface area contributed by atoms with Crippen molar-refractivity contribution in [3.63, 3.8) is 0 Å². The van der Waals surface area contributed by atoms with E-state index in [1.807, 2.05) is 0 Å². The minimum atomic E-state index is -0.604. The fourth-order valence-electron chi connectivity index (χ4n) is 2.14. The normalized spacial score (nSPS) is 19.4. The number of hydrogen-bond donors (Lipinski definition) is 3. The molecule has 0 aliphatic carbocycles. The Hall–Kier alpha value is -0.980. The summed E-state index contributed by atoms with van der Waals surface area (Å²) in [5, 5.41) is 9.25. The molecule has 1 aliphatic heterocycles. The van der Waals surface area contributed by atoms with Gasteiger partial charge < -0.3 is 10.0 Å². The summed E-state index contributed by atoms with van der Waals surface area (Å²) >= 11 is 5.88.